The van der Waals surface area contributed by atoms with Gasteiger partial charge in [0.05, 0.1) is 17.1 Å². The molecular weight excluding hydrogens is 318 g/mol. The summed E-state index contributed by atoms with van der Waals surface area (Å²) >= 11 is 1.71. The highest BCUT2D eigenvalue weighted by molar-refractivity contribution is 7.18. The number of fused-ring (bicyclic) bond motifs is 2. The second-order valence-corrected chi connectivity index (χ2v) is 7.70. The van der Waals surface area contributed by atoms with E-state index in [9.17, 15) is 0 Å². The molecule has 0 N–H and O–H groups in total. The van der Waals surface area contributed by atoms with Crippen molar-refractivity contribution in [1.82, 2.24) is 14.5 Å². The van der Waals surface area contributed by atoms with E-state index in [0.29, 0.717) is 18.1 Å². The average Bonchev–Trinajstić information content (AvgIpc) is 3.40. The first-order valence-electron chi connectivity index (χ1n) is 8.55. The van der Waals surface area contributed by atoms with Crippen molar-refractivity contribution < 1.29 is 4.74 Å². The van der Waals surface area contributed by atoms with Crippen LogP contribution < -0.4 is 0 Å². The molecule has 0 amide bonds. The van der Waals surface area contributed by atoms with E-state index in [1.165, 1.54) is 19.3 Å². The molecule has 0 spiro atoms. The van der Waals surface area contributed by atoms with Crippen molar-refractivity contribution >= 4 is 11.3 Å². The predicted octanol–water partition coefficient (Wildman–Crippen LogP) is 4.24. The van der Waals surface area contributed by atoms with Gasteiger partial charge in [0.1, 0.15) is 5.01 Å². The van der Waals surface area contributed by atoms with Crippen LogP contribution in [-0.4, -0.2) is 26.7 Å². The first-order chi connectivity index (χ1) is 11.9. The summed E-state index contributed by atoms with van der Waals surface area (Å²) in [5.74, 6) is 1.65. The van der Waals surface area contributed by atoms with E-state index in [-0.39, 0.29) is 0 Å². The Morgan fingerprint density at radius 1 is 1.17 bits per heavy atom. The molecule has 0 saturated carbocycles. The predicted molar refractivity (Wildman–Crippen MR) is 94.8 cm³/mol. The number of hydrogen-bond donors (Lipinski definition) is 0. The van der Waals surface area contributed by atoms with Gasteiger partial charge in [0.15, 0.2) is 5.82 Å². The van der Waals surface area contributed by atoms with Crippen molar-refractivity contribution in [3.8, 4) is 21.3 Å². The summed E-state index contributed by atoms with van der Waals surface area (Å²) in [6.07, 6.45) is 10.5. The van der Waals surface area contributed by atoms with Crippen LogP contribution in [0.5, 0.6) is 0 Å². The lowest BCUT2D eigenvalue weighted by atomic mass is 9.89. The Morgan fingerprint density at radius 3 is 2.88 bits per heavy atom. The zero-order valence-electron chi connectivity index (χ0n) is 13.3. The molecule has 3 aromatic rings. The molecule has 2 aromatic heterocycles. The Morgan fingerprint density at radius 2 is 2.08 bits per heavy atom. The molecular formula is C19H19N3OS. The van der Waals surface area contributed by atoms with E-state index in [4.69, 9.17) is 4.74 Å². The molecule has 0 aliphatic carbocycles. The number of benzene rings is 1. The van der Waals surface area contributed by atoms with Crippen LogP contribution in [0.15, 0.2) is 48.9 Å². The number of ether oxygens (including phenoxy) is 1. The Labute approximate surface area is 145 Å². The van der Waals surface area contributed by atoms with E-state index in [1.54, 1.807) is 11.3 Å². The van der Waals surface area contributed by atoms with Crippen LogP contribution in [0.3, 0.4) is 0 Å². The smallest absolute Gasteiger partial charge is 0.151 e. The van der Waals surface area contributed by atoms with E-state index in [0.717, 1.165) is 27.8 Å². The Hall–Kier alpha value is -1.98. The van der Waals surface area contributed by atoms with Gasteiger partial charge in [-0.25, -0.2) is 9.97 Å². The fourth-order valence-electron chi connectivity index (χ4n) is 3.96. The van der Waals surface area contributed by atoms with Gasteiger partial charge in [0.25, 0.3) is 0 Å². The molecule has 0 unspecified atom stereocenters. The lowest BCUT2D eigenvalue weighted by Gasteiger charge is -2.19. The van der Waals surface area contributed by atoms with Crippen molar-refractivity contribution in [2.24, 2.45) is 5.92 Å². The molecule has 4 nitrogen and oxygen atoms in total. The van der Waals surface area contributed by atoms with Crippen molar-refractivity contribution in [1.29, 1.82) is 0 Å². The molecule has 1 aromatic carbocycles. The molecule has 5 rings (SSSR count). The van der Waals surface area contributed by atoms with Crippen LogP contribution in [0.4, 0.5) is 0 Å². The summed E-state index contributed by atoms with van der Waals surface area (Å²) in [4.78, 5) is 10.3. The number of rotatable bonds is 4. The SMILES string of the molecule is c1ccc(-c2ncc(-c3nccn3C[C@@H]3C[C@@H]4CC[C@H]3O4)s2)cc1. The molecule has 24 heavy (non-hydrogen) atoms. The highest BCUT2D eigenvalue weighted by Crippen LogP contribution is 2.40. The molecule has 2 bridgehead atoms. The number of aromatic nitrogens is 3. The summed E-state index contributed by atoms with van der Waals surface area (Å²) in [7, 11) is 0. The highest BCUT2D eigenvalue weighted by Gasteiger charge is 2.40. The molecule has 122 valence electrons. The average molecular weight is 337 g/mol. The quantitative estimate of drug-likeness (QED) is 0.715. The monoisotopic (exact) mass is 337 g/mol. The molecule has 2 saturated heterocycles. The van der Waals surface area contributed by atoms with Gasteiger partial charge in [0, 0.05) is 36.6 Å². The van der Waals surface area contributed by atoms with E-state index >= 15 is 0 Å². The minimum atomic E-state index is 0.451. The molecule has 0 radical (unpaired) electrons. The zero-order chi connectivity index (χ0) is 15.9. The van der Waals surface area contributed by atoms with Gasteiger partial charge in [-0.15, -0.1) is 11.3 Å². The van der Waals surface area contributed by atoms with Crippen molar-refractivity contribution in [3.05, 3.63) is 48.9 Å². The first-order valence-corrected chi connectivity index (χ1v) is 9.37. The fourth-order valence-corrected chi connectivity index (χ4v) is 4.90. The minimum absolute atomic E-state index is 0.451. The van der Waals surface area contributed by atoms with Crippen molar-refractivity contribution in [2.45, 2.75) is 38.0 Å². The highest BCUT2D eigenvalue weighted by atomic mass is 32.1. The summed E-state index contributed by atoms with van der Waals surface area (Å²) < 4.78 is 8.27. The van der Waals surface area contributed by atoms with Gasteiger partial charge < -0.3 is 9.30 Å². The number of imidazole rings is 1. The summed E-state index contributed by atoms with van der Waals surface area (Å²) in [6, 6.07) is 10.3. The van der Waals surface area contributed by atoms with Gasteiger partial charge in [0.2, 0.25) is 0 Å². The van der Waals surface area contributed by atoms with E-state index in [1.807, 2.05) is 30.6 Å². The number of nitrogens with zero attached hydrogens (tertiary/aromatic N) is 3. The van der Waals surface area contributed by atoms with E-state index in [2.05, 4.69) is 32.9 Å². The summed E-state index contributed by atoms with van der Waals surface area (Å²) in [5, 5.41) is 1.04. The lowest BCUT2D eigenvalue weighted by molar-refractivity contribution is 0.0900. The molecule has 4 heterocycles. The number of thiazole rings is 1. The van der Waals surface area contributed by atoms with Crippen LogP contribution >= 0.6 is 11.3 Å². The van der Waals surface area contributed by atoms with E-state index < -0.39 is 0 Å². The van der Waals surface area contributed by atoms with Gasteiger partial charge in [-0.3, -0.25) is 0 Å². The zero-order valence-corrected chi connectivity index (χ0v) is 14.2. The van der Waals surface area contributed by atoms with Crippen molar-refractivity contribution in [2.75, 3.05) is 0 Å². The number of hydrogen-bond acceptors (Lipinski definition) is 4. The van der Waals surface area contributed by atoms with Gasteiger partial charge in [-0.2, -0.15) is 0 Å². The maximum absolute atomic E-state index is 6.00. The van der Waals surface area contributed by atoms with Gasteiger partial charge in [-0.05, 0) is 19.3 Å². The van der Waals surface area contributed by atoms with Crippen LogP contribution in [0, 0.1) is 5.92 Å². The topological polar surface area (TPSA) is 39.9 Å². The van der Waals surface area contributed by atoms with Gasteiger partial charge >= 0.3 is 0 Å². The molecule has 3 atom stereocenters. The maximum Gasteiger partial charge on any atom is 0.151 e. The molecule has 2 aliphatic heterocycles. The Balaban J connectivity index is 1.40. The van der Waals surface area contributed by atoms with Gasteiger partial charge in [-0.1, -0.05) is 30.3 Å². The molecule has 2 aliphatic rings. The third-order valence-corrected chi connectivity index (χ3v) is 6.17. The first kappa shape index (κ1) is 14.4. The molecule has 2 fully saturated rings. The third kappa shape index (κ3) is 2.48. The Kier molecular flexibility index (Phi) is 3.49. The third-order valence-electron chi connectivity index (χ3n) is 5.13. The van der Waals surface area contributed by atoms with Crippen LogP contribution in [0.2, 0.25) is 0 Å². The van der Waals surface area contributed by atoms with Crippen molar-refractivity contribution in [3.63, 3.8) is 0 Å². The van der Waals surface area contributed by atoms with Crippen LogP contribution in [0.1, 0.15) is 19.3 Å². The standard InChI is InChI=1S/C19H19N3OS/c1-2-4-13(5-3-1)19-21-11-17(24-19)18-20-8-9-22(18)12-14-10-15-6-7-16(14)23-15/h1-5,8-9,11,14-16H,6-7,10,12H2/t14-,15-,16+/m0/s1. The maximum atomic E-state index is 6.00. The van der Waals surface area contributed by atoms with Crippen LogP contribution in [0.25, 0.3) is 21.3 Å². The summed E-state index contributed by atoms with van der Waals surface area (Å²) in [5.41, 5.74) is 1.16. The Bertz CT molecular complexity index is 841. The normalized spacial score (nSPS) is 25.4. The largest absolute Gasteiger partial charge is 0.375 e. The second kappa shape index (κ2) is 5.83. The lowest BCUT2D eigenvalue weighted by Crippen LogP contribution is -2.21. The second-order valence-electron chi connectivity index (χ2n) is 6.67. The van der Waals surface area contributed by atoms with Crippen LogP contribution in [-0.2, 0) is 11.3 Å². The molecule has 5 heteroatoms. The summed E-state index contributed by atoms with van der Waals surface area (Å²) in [6.45, 7) is 0.995. The minimum Gasteiger partial charge on any atom is -0.375 e. The fraction of sp³-hybridized carbons (Fsp3) is 0.368.